The summed E-state index contributed by atoms with van der Waals surface area (Å²) >= 11 is 0. The van der Waals surface area contributed by atoms with E-state index in [2.05, 4.69) is 35.0 Å². The van der Waals surface area contributed by atoms with Gasteiger partial charge < -0.3 is 14.5 Å². The summed E-state index contributed by atoms with van der Waals surface area (Å²) in [6, 6.07) is 3.42. The van der Waals surface area contributed by atoms with Crippen molar-refractivity contribution in [2.45, 2.75) is 62.7 Å². The van der Waals surface area contributed by atoms with Crippen molar-refractivity contribution < 1.29 is 8.42 Å². The van der Waals surface area contributed by atoms with Gasteiger partial charge in [-0.15, -0.1) is 10.2 Å². The average Bonchev–Trinajstić information content (AvgIpc) is 3.46. The molecule has 34 heavy (non-hydrogen) atoms. The van der Waals surface area contributed by atoms with Gasteiger partial charge in [0.2, 0.25) is 0 Å². The van der Waals surface area contributed by atoms with Gasteiger partial charge in [-0.3, -0.25) is 0 Å². The molecule has 2 aliphatic rings. The largest absolute Gasteiger partial charge is 0.364 e. The number of aromatic nitrogens is 8. The fraction of sp³-hybridized carbons (Fsp3) is 0.455. The molecule has 1 unspecified atom stereocenters. The van der Waals surface area contributed by atoms with E-state index in [1.54, 1.807) is 18.6 Å². The van der Waals surface area contributed by atoms with Gasteiger partial charge in [-0.2, -0.15) is 0 Å². The monoisotopic (exact) mass is 479 g/mol. The molecule has 176 valence electrons. The van der Waals surface area contributed by atoms with Gasteiger partial charge in [-0.25, -0.2) is 28.4 Å². The molecule has 1 aliphatic carbocycles. The van der Waals surface area contributed by atoms with Gasteiger partial charge >= 0.3 is 0 Å². The molecular weight excluding hydrogens is 454 g/mol. The van der Waals surface area contributed by atoms with Gasteiger partial charge in [-0.1, -0.05) is 0 Å². The molecule has 0 saturated heterocycles. The predicted molar refractivity (Wildman–Crippen MR) is 125 cm³/mol. The first-order chi connectivity index (χ1) is 16.4. The summed E-state index contributed by atoms with van der Waals surface area (Å²) in [6.07, 6.45) is 8.44. The van der Waals surface area contributed by atoms with Gasteiger partial charge in [0.05, 0.1) is 0 Å². The lowest BCUT2D eigenvalue weighted by Crippen LogP contribution is -2.32. The quantitative estimate of drug-likeness (QED) is 0.442. The molecule has 0 aromatic carbocycles. The van der Waals surface area contributed by atoms with Gasteiger partial charge in [0.15, 0.2) is 31.8 Å². The van der Waals surface area contributed by atoms with Crippen molar-refractivity contribution in [1.82, 2.24) is 39.3 Å². The molecule has 1 N–H and O–H groups in total. The normalized spacial score (nSPS) is 18.2. The van der Waals surface area contributed by atoms with E-state index in [1.807, 2.05) is 11.5 Å². The van der Waals surface area contributed by atoms with Crippen LogP contribution in [0.1, 0.15) is 43.8 Å². The van der Waals surface area contributed by atoms with Crippen LogP contribution in [0.3, 0.4) is 0 Å². The Bertz CT molecular complexity index is 1490. The van der Waals surface area contributed by atoms with Crippen LogP contribution in [0.15, 0.2) is 29.7 Å². The van der Waals surface area contributed by atoms with E-state index in [0.717, 1.165) is 48.5 Å². The van der Waals surface area contributed by atoms with Crippen LogP contribution in [0.2, 0.25) is 0 Å². The van der Waals surface area contributed by atoms with Crippen molar-refractivity contribution in [3.8, 4) is 11.4 Å². The van der Waals surface area contributed by atoms with E-state index in [4.69, 9.17) is 4.98 Å². The second-order valence-electron chi connectivity index (χ2n) is 8.97. The molecular formula is C22H25N9O2S. The van der Waals surface area contributed by atoms with Crippen molar-refractivity contribution >= 4 is 26.8 Å². The number of rotatable bonds is 6. The number of imidazole rings is 1. The Kier molecular flexibility index (Phi) is 4.87. The SMILES string of the molecule is CCn1c(-c2ccc(S(C)(=O)=O)nc2)nc2c(NC3CCc4nnc(C5CC5)n4C3)ncnc21. The highest BCUT2D eigenvalue weighted by Crippen LogP contribution is 2.40. The summed E-state index contributed by atoms with van der Waals surface area (Å²) in [4.78, 5) is 18.0. The summed E-state index contributed by atoms with van der Waals surface area (Å²) in [5.74, 6) is 4.09. The highest BCUT2D eigenvalue weighted by atomic mass is 32.2. The van der Waals surface area contributed by atoms with Crippen LogP contribution in [-0.4, -0.2) is 60.0 Å². The third-order valence-corrected chi connectivity index (χ3v) is 7.48. The molecule has 4 aromatic rings. The Labute approximate surface area is 196 Å². The number of fused-ring (bicyclic) bond motifs is 2. The lowest BCUT2D eigenvalue weighted by molar-refractivity contribution is 0.465. The molecule has 11 nitrogen and oxygen atoms in total. The maximum absolute atomic E-state index is 11.8. The molecule has 4 aromatic heterocycles. The predicted octanol–water partition coefficient (Wildman–Crippen LogP) is 2.21. The van der Waals surface area contributed by atoms with Crippen LogP contribution in [0, 0.1) is 0 Å². The van der Waals surface area contributed by atoms with Crippen molar-refractivity contribution in [2.75, 3.05) is 11.6 Å². The van der Waals surface area contributed by atoms with E-state index >= 15 is 0 Å². The van der Waals surface area contributed by atoms with Crippen LogP contribution in [0.4, 0.5) is 5.82 Å². The zero-order valence-electron chi connectivity index (χ0n) is 19.0. The summed E-state index contributed by atoms with van der Waals surface area (Å²) in [6.45, 7) is 3.47. The highest BCUT2D eigenvalue weighted by molar-refractivity contribution is 7.90. The van der Waals surface area contributed by atoms with Crippen molar-refractivity contribution in [1.29, 1.82) is 0 Å². The second kappa shape index (κ2) is 7.83. The van der Waals surface area contributed by atoms with Gasteiger partial charge in [0.1, 0.15) is 23.8 Å². The lowest BCUT2D eigenvalue weighted by Gasteiger charge is -2.25. The molecule has 0 amide bonds. The smallest absolute Gasteiger partial charge is 0.192 e. The van der Waals surface area contributed by atoms with Crippen molar-refractivity contribution in [3.63, 3.8) is 0 Å². The highest BCUT2D eigenvalue weighted by Gasteiger charge is 2.33. The van der Waals surface area contributed by atoms with Crippen molar-refractivity contribution in [3.05, 3.63) is 36.3 Å². The summed E-state index contributed by atoms with van der Waals surface area (Å²) in [5.41, 5.74) is 2.13. The maximum atomic E-state index is 11.8. The Morgan fingerprint density at radius 1 is 1.12 bits per heavy atom. The number of aryl methyl sites for hydroxylation is 2. The van der Waals surface area contributed by atoms with Crippen LogP contribution in [-0.2, 0) is 29.3 Å². The maximum Gasteiger partial charge on any atom is 0.192 e. The number of nitrogens with one attached hydrogen (secondary N) is 1. The number of hydrogen-bond donors (Lipinski definition) is 1. The van der Waals surface area contributed by atoms with Crippen LogP contribution in [0.5, 0.6) is 0 Å². The Hall–Kier alpha value is -3.41. The first-order valence-electron chi connectivity index (χ1n) is 11.5. The molecule has 5 heterocycles. The minimum absolute atomic E-state index is 0.0359. The molecule has 1 saturated carbocycles. The fourth-order valence-electron chi connectivity index (χ4n) is 4.60. The van der Waals surface area contributed by atoms with Crippen LogP contribution >= 0.6 is 0 Å². The molecule has 0 spiro atoms. The lowest BCUT2D eigenvalue weighted by atomic mass is 10.1. The molecule has 12 heteroatoms. The van der Waals surface area contributed by atoms with E-state index in [9.17, 15) is 8.42 Å². The topological polar surface area (TPSA) is 133 Å². The number of nitrogens with zero attached hydrogens (tertiary/aromatic N) is 8. The summed E-state index contributed by atoms with van der Waals surface area (Å²) in [7, 11) is -3.37. The minimum Gasteiger partial charge on any atom is -0.364 e. The average molecular weight is 480 g/mol. The zero-order chi connectivity index (χ0) is 23.4. The molecule has 1 atom stereocenters. The number of sulfone groups is 1. The standard InChI is InChI=1S/C22H25N9O2S/c1-3-30-20(14-6-9-17(23-10-14)34(2,32)33)27-18-19(24-12-25-22(18)30)26-15-7-8-16-28-29-21(13-4-5-13)31(16)11-15/h6,9-10,12-13,15H,3-5,7-8,11H2,1-2H3,(H,24,25,26). The molecule has 6 rings (SSSR count). The van der Waals surface area contributed by atoms with E-state index in [0.29, 0.717) is 29.6 Å². The zero-order valence-corrected chi connectivity index (χ0v) is 19.8. The van der Waals surface area contributed by atoms with Gasteiger partial charge in [0.25, 0.3) is 0 Å². The van der Waals surface area contributed by atoms with Gasteiger partial charge in [0, 0.05) is 49.5 Å². The van der Waals surface area contributed by atoms with Crippen LogP contribution < -0.4 is 5.32 Å². The second-order valence-corrected chi connectivity index (χ2v) is 10.9. The Balaban J connectivity index is 1.33. The van der Waals surface area contributed by atoms with E-state index in [1.165, 1.54) is 18.9 Å². The first-order valence-corrected chi connectivity index (χ1v) is 13.4. The number of pyridine rings is 1. The fourth-order valence-corrected chi connectivity index (χ4v) is 5.16. The molecule has 1 fully saturated rings. The summed E-state index contributed by atoms with van der Waals surface area (Å²) in [5, 5.41) is 12.4. The van der Waals surface area contributed by atoms with E-state index < -0.39 is 9.84 Å². The summed E-state index contributed by atoms with van der Waals surface area (Å²) < 4.78 is 27.8. The third-order valence-electron chi connectivity index (χ3n) is 6.48. The molecule has 0 bridgehead atoms. The Morgan fingerprint density at radius 3 is 2.68 bits per heavy atom. The first kappa shape index (κ1) is 21.1. The van der Waals surface area contributed by atoms with Crippen LogP contribution in [0.25, 0.3) is 22.6 Å². The van der Waals surface area contributed by atoms with Crippen molar-refractivity contribution in [2.24, 2.45) is 0 Å². The third kappa shape index (κ3) is 3.61. The minimum atomic E-state index is -3.37. The number of hydrogen-bond acceptors (Lipinski definition) is 9. The van der Waals surface area contributed by atoms with Gasteiger partial charge in [-0.05, 0) is 38.3 Å². The number of anilines is 1. The molecule has 0 radical (unpaired) electrons. The molecule has 1 aliphatic heterocycles. The van der Waals surface area contributed by atoms with E-state index in [-0.39, 0.29) is 11.1 Å². The Morgan fingerprint density at radius 2 is 1.97 bits per heavy atom.